The highest BCUT2D eigenvalue weighted by Gasteiger charge is 2.40. The van der Waals surface area contributed by atoms with Gasteiger partial charge in [0.2, 0.25) is 11.8 Å². The average Bonchev–Trinajstić information content (AvgIpc) is 2.86. The molecule has 0 aromatic carbocycles. The van der Waals surface area contributed by atoms with E-state index in [-0.39, 0.29) is 24.5 Å². The Labute approximate surface area is 106 Å². The molecule has 0 aromatic heterocycles. The first-order valence-electron chi connectivity index (χ1n) is 6.07. The van der Waals surface area contributed by atoms with Gasteiger partial charge in [-0.05, 0) is 7.05 Å². The summed E-state index contributed by atoms with van der Waals surface area (Å²) in [5, 5.41) is 3.06. The van der Waals surface area contributed by atoms with E-state index in [1.54, 1.807) is 7.05 Å². The summed E-state index contributed by atoms with van der Waals surface area (Å²) in [7, 11) is 1.80. The predicted molar refractivity (Wildman–Crippen MR) is 62.7 cm³/mol. The van der Waals surface area contributed by atoms with E-state index >= 15 is 0 Å². The van der Waals surface area contributed by atoms with Crippen molar-refractivity contribution in [2.45, 2.75) is 12.1 Å². The van der Waals surface area contributed by atoms with E-state index in [0.29, 0.717) is 26.4 Å². The van der Waals surface area contributed by atoms with E-state index in [4.69, 9.17) is 15.2 Å². The smallest absolute Gasteiger partial charge is 0.242 e. The fourth-order valence-electron chi connectivity index (χ4n) is 2.40. The third kappa shape index (κ3) is 2.47. The number of nitrogens with zero attached hydrogens (tertiary/aromatic N) is 1. The van der Waals surface area contributed by atoms with Gasteiger partial charge in [-0.25, -0.2) is 0 Å². The largest absolute Gasteiger partial charge is 0.379 e. The molecule has 2 aliphatic rings. The molecule has 2 amide bonds. The van der Waals surface area contributed by atoms with Crippen molar-refractivity contribution in [3.05, 3.63) is 0 Å². The fraction of sp³-hybridized carbons (Fsp3) is 0.818. The molecule has 0 aromatic rings. The Hall–Kier alpha value is -1.18. The predicted octanol–water partition coefficient (Wildman–Crippen LogP) is -2.07. The Kier molecular flexibility index (Phi) is 4.15. The Morgan fingerprint density at radius 1 is 1.28 bits per heavy atom. The van der Waals surface area contributed by atoms with Crippen molar-refractivity contribution in [1.29, 1.82) is 0 Å². The monoisotopic (exact) mass is 257 g/mol. The zero-order valence-electron chi connectivity index (χ0n) is 10.4. The van der Waals surface area contributed by atoms with Gasteiger partial charge in [-0.1, -0.05) is 0 Å². The molecule has 0 spiro atoms. The van der Waals surface area contributed by atoms with Crippen LogP contribution in [-0.4, -0.2) is 68.8 Å². The Morgan fingerprint density at radius 3 is 2.72 bits per heavy atom. The second-order valence-corrected chi connectivity index (χ2v) is 4.56. The van der Waals surface area contributed by atoms with Crippen LogP contribution < -0.4 is 11.1 Å². The number of primary amides is 1. The fourth-order valence-corrected chi connectivity index (χ4v) is 2.40. The van der Waals surface area contributed by atoms with Crippen LogP contribution in [0.2, 0.25) is 0 Å². The molecule has 18 heavy (non-hydrogen) atoms. The Morgan fingerprint density at radius 2 is 2.06 bits per heavy atom. The van der Waals surface area contributed by atoms with Gasteiger partial charge in [0.25, 0.3) is 0 Å². The lowest BCUT2D eigenvalue weighted by Crippen LogP contribution is -2.57. The molecule has 3 N–H and O–H groups in total. The second kappa shape index (κ2) is 5.64. The van der Waals surface area contributed by atoms with Crippen LogP contribution in [0.5, 0.6) is 0 Å². The van der Waals surface area contributed by atoms with Crippen molar-refractivity contribution in [3.8, 4) is 0 Å². The standard InChI is InChI=1S/C11H19N3O4/c1-13-8-5-18-4-7(8)11(16)14-2-3-17-6-9(14)10(12)15/h7-9,13H,2-6H2,1H3,(H2,12,15). The first-order valence-corrected chi connectivity index (χ1v) is 6.07. The molecule has 3 unspecified atom stereocenters. The van der Waals surface area contributed by atoms with E-state index in [1.807, 2.05) is 0 Å². The van der Waals surface area contributed by atoms with Gasteiger partial charge in [-0.15, -0.1) is 0 Å². The number of ether oxygens (including phenoxy) is 2. The minimum atomic E-state index is -0.663. The zero-order valence-corrected chi connectivity index (χ0v) is 10.4. The van der Waals surface area contributed by atoms with Crippen LogP contribution in [0.25, 0.3) is 0 Å². The first kappa shape index (κ1) is 13.3. The minimum absolute atomic E-state index is 0.00567. The molecule has 0 saturated carbocycles. The number of carbonyl (C=O) groups is 2. The van der Waals surface area contributed by atoms with Gasteiger partial charge in [0, 0.05) is 12.6 Å². The number of likely N-dealkylation sites (N-methyl/N-ethyl adjacent to an activating group) is 1. The maximum absolute atomic E-state index is 12.4. The third-order valence-corrected chi connectivity index (χ3v) is 3.51. The molecule has 7 heteroatoms. The quantitative estimate of drug-likeness (QED) is 0.606. The van der Waals surface area contributed by atoms with E-state index in [2.05, 4.69) is 5.32 Å². The Bertz CT molecular complexity index is 336. The maximum atomic E-state index is 12.4. The van der Waals surface area contributed by atoms with Crippen LogP contribution in [0.4, 0.5) is 0 Å². The number of amides is 2. The highest BCUT2D eigenvalue weighted by Crippen LogP contribution is 2.19. The lowest BCUT2D eigenvalue weighted by atomic mass is 10.0. The topological polar surface area (TPSA) is 93.9 Å². The van der Waals surface area contributed by atoms with Crippen molar-refractivity contribution < 1.29 is 19.1 Å². The number of hydrogen-bond donors (Lipinski definition) is 2. The molecule has 102 valence electrons. The summed E-state index contributed by atoms with van der Waals surface area (Å²) in [5.74, 6) is -0.864. The normalized spacial score (nSPS) is 32.5. The molecule has 7 nitrogen and oxygen atoms in total. The average molecular weight is 257 g/mol. The molecular formula is C11H19N3O4. The number of hydrogen-bond acceptors (Lipinski definition) is 5. The highest BCUT2D eigenvalue weighted by molar-refractivity contribution is 5.88. The van der Waals surface area contributed by atoms with Crippen LogP contribution in [-0.2, 0) is 19.1 Å². The molecule has 0 bridgehead atoms. The molecule has 2 fully saturated rings. The second-order valence-electron chi connectivity index (χ2n) is 4.56. The van der Waals surface area contributed by atoms with Crippen molar-refractivity contribution in [3.63, 3.8) is 0 Å². The van der Waals surface area contributed by atoms with E-state index in [0.717, 1.165) is 0 Å². The van der Waals surface area contributed by atoms with Crippen LogP contribution >= 0.6 is 0 Å². The van der Waals surface area contributed by atoms with Gasteiger partial charge in [0.05, 0.1) is 32.3 Å². The van der Waals surface area contributed by atoms with Crippen LogP contribution in [0.1, 0.15) is 0 Å². The van der Waals surface area contributed by atoms with Crippen LogP contribution in [0, 0.1) is 5.92 Å². The zero-order chi connectivity index (χ0) is 13.1. The van der Waals surface area contributed by atoms with Crippen molar-refractivity contribution in [2.24, 2.45) is 11.7 Å². The van der Waals surface area contributed by atoms with Crippen LogP contribution in [0.3, 0.4) is 0 Å². The lowest BCUT2D eigenvalue weighted by Gasteiger charge is -2.35. The maximum Gasteiger partial charge on any atom is 0.242 e. The van der Waals surface area contributed by atoms with Gasteiger partial charge < -0.3 is 25.4 Å². The number of nitrogens with one attached hydrogen (secondary N) is 1. The van der Waals surface area contributed by atoms with Crippen molar-refractivity contribution in [2.75, 3.05) is 40.0 Å². The molecule has 2 aliphatic heterocycles. The van der Waals surface area contributed by atoms with Gasteiger partial charge in [-0.2, -0.15) is 0 Å². The molecule has 2 heterocycles. The van der Waals surface area contributed by atoms with Crippen molar-refractivity contribution in [1.82, 2.24) is 10.2 Å². The summed E-state index contributed by atoms with van der Waals surface area (Å²) in [6, 6.07) is -0.668. The summed E-state index contributed by atoms with van der Waals surface area (Å²) >= 11 is 0. The summed E-state index contributed by atoms with van der Waals surface area (Å²) in [4.78, 5) is 25.3. The van der Waals surface area contributed by atoms with E-state index in [1.165, 1.54) is 4.90 Å². The summed E-state index contributed by atoms with van der Waals surface area (Å²) < 4.78 is 10.5. The van der Waals surface area contributed by atoms with E-state index in [9.17, 15) is 9.59 Å². The van der Waals surface area contributed by atoms with E-state index < -0.39 is 11.9 Å². The van der Waals surface area contributed by atoms with Gasteiger partial charge >= 0.3 is 0 Å². The first-order chi connectivity index (χ1) is 8.65. The van der Waals surface area contributed by atoms with Gasteiger partial charge in [0.15, 0.2) is 0 Å². The SMILES string of the molecule is CNC1COCC1C(=O)N1CCOCC1C(N)=O. The molecule has 2 saturated heterocycles. The highest BCUT2D eigenvalue weighted by atomic mass is 16.5. The third-order valence-electron chi connectivity index (χ3n) is 3.51. The molecular weight excluding hydrogens is 238 g/mol. The number of morpholine rings is 1. The summed E-state index contributed by atoms with van der Waals surface area (Å²) in [6.07, 6.45) is 0. The Balaban J connectivity index is 2.08. The van der Waals surface area contributed by atoms with Gasteiger partial charge in [0.1, 0.15) is 6.04 Å². The number of carbonyl (C=O) groups excluding carboxylic acids is 2. The van der Waals surface area contributed by atoms with Crippen LogP contribution in [0.15, 0.2) is 0 Å². The number of nitrogens with two attached hydrogens (primary N) is 1. The van der Waals surface area contributed by atoms with Crippen molar-refractivity contribution >= 4 is 11.8 Å². The molecule has 3 atom stereocenters. The summed E-state index contributed by atoms with van der Waals surface area (Å²) in [5.41, 5.74) is 5.30. The molecule has 2 rings (SSSR count). The molecule has 0 aliphatic carbocycles. The minimum Gasteiger partial charge on any atom is -0.379 e. The number of rotatable bonds is 3. The summed E-state index contributed by atoms with van der Waals surface area (Å²) in [6.45, 7) is 1.91. The van der Waals surface area contributed by atoms with Gasteiger partial charge in [-0.3, -0.25) is 9.59 Å². The lowest BCUT2D eigenvalue weighted by molar-refractivity contribution is -0.150. The molecule has 0 radical (unpaired) electrons.